The highest BCUT2D eigenvalue weighted by molar-refractivity contribution is 6.34. The zero-order valence-corrected chi connectivity index (χ0v) is 7.84. The number of primary amides is 1. The maximum absolute atomic E-state index is 11.0. The summed E-state index contributed by atoms with van der Waals surface area (Å²) in [6.45, 7) is 0.473. The summed E-state index contributed by atoms with van der Waals surface area (Å²) in [6, 6.07) is 5.22. The fourth-order valence-corrected chi connectivity index (χ4v) is 1.50. The number of hydrogen-bond acceptors (Lipinski definition) is 2. The molecule has 0 aliphatic carbocycles. The van der Waals surface area contributed by atoms with Crippen LogP contribution in [0.3, 0.4) is 0 Å². The summed E-state index contributed by atoms with van der Waals surface area (Å²) in [7, 11) is 0. The van der Waals surface area contributed by atoms with Crippen LogP contribution in [0.25, 0.3) is 0 Å². The van der Waals surface area contributed by atoms with Crippen LogP contribution in [0.2, 0.25) is 5.02 Å². The van der Waals surface area contributed by atoms with Gasteiger partial charge in [0.2, 0.25) is 5.91 Å². The van der Waals surface area contributed by atoms with Crippen LogP contribution in [0.1, 0.15) is 15.9 Å². The van der Waals surface area contributed by atoms with E-state index in [2.05, 4.69) is 0 Å². The second-order valence-electron chi connectivity index (χ2n) is 2.68. The summed E-state index contributed by atoms with van der Waals surface area (Å²) in [5.41, 5.74) is 11.8. The highest BCUT2D eigenvalue weighted by Gasteiger charge is 2.10. The van der Waals surface area contributed by atoms with Crippen LogP contribution in [0, 0.1) is 0 Å². The van der Waals surface area contributed by atoms with Crippen LogP contribution in [0.4, 0.5) is 0 Å². The summed E-state index contributed by atoms with van der Waals surface area (Å²) in [4.78, 5) is 11.0. The Balaban J connectivity index is 3.17. The monoisotopic (exact) mass is 198 g/mol. The van der Waals surface area contributed by atoms with Gasteiger partial charge in [-0.3, -0.25) is 4.79 Å². The molecule has 1 aromatic carbocycles. The minimum atomic E-state index is -0.506. The molecular weight excluding hydrogens is 188 g/mol. The molecule has 3 nitrogen and oxygen atoms in total. The van der Waals surface area contributed by atoms with Gasteiger partial charge in [-0.2, -0.15) is 0 Å². The van der Waals surface area contributed by atoms with Crippen molar-refractivity contribution in [2.24, 2.45) is 11.5 Å². The summed E-state index contributed by atoms with van der Waals surface area (Å²) in [6.07, 6.45) is 0.610. The maximum atomic E-state index is 11.0. The molecule has 0 heterocycles. The molecule has 4 heteroatoms. The summed E-state index contributed by atoms with van der Waals surface area (Å²) >= 11 is 5.82. The lowest BCUT2D eigenvalue weighted by atomic mass is 10.0. The standard InChI is InChI=1S/C9H11ClN2O/c10-7-3-1-2-6(4-5-11)8(7)9(12)13/h1-3H,4-5,11H2,(H2,12,13). The van der Waals surface area contributed by atoms with Crippen molar-refractivity contribution in [3.8, 4) is 0 Å². The molecule has 0 fully saturated rings. The first-order valence-corrected chi connectivity index (χ1v) is 4.32. The Bertz CT molecular complexity index is 325. The molecule has 1 rings (SSSR count). The molecule has 1 aromatic rings. The summed E-state index contributed by atoms with van der Waals surface area (Å²) in [5, 5.41) is 0.387. The van der Waals surface area contributed by atoms with Gasteiger partial charge in [0, 0.05) is 0 Å². The predicted octanol–water partition coefficient (Wildman–Crippen LogP) is 0.940. The number of rotatable bonds is 3. The summed E-state index contributed by atoms with van der Waals surface area (Å²) < 4.78 is 0. The molecule has 0 spiro atoms. The van der Waals surface area contributed by atoms with Gasteiger partial charge in [-0.1, -0.05) is 23.7 Å². The topological polar surface area (TPSA) is 69.1 Å². The number of carbonyl (C=O) groups excluding carboxylic acids is 1. The number of carbonyl (C=O) groups is 1. The van der Waals surface area contributed by atoms with E-state index >= 15 is 0 Å². The predicted molar refractivity (Wildman–Crippen MR) is 52.7 cm³/mol. The smallest absolute Gasteiger partial charge is 0.250 e. The fraction of sp³-hybridized carbons (Fsp3) is 0.222. The van der Waals surface area contributed by atoms with E-state index in [1.165, 1.54) is 0 Å². The summed E-state index contributed by atoms with van der Waals surface area (Å²) in [5.74, 6) is -0.506. The van der Waals surface area contributed by atoms with Gasteiger partial charge in [0.15, 0.2) is 0 Å². The van der Waals surface area contributed by atoms with E-state index in [0.29, 0.717) is 23.6 Å². The molecule has 0 unspecified atom stereocenters. The van der Waals surface area contributed by atoms with Crippen molar-refractivity contribution in [3.63, 3.8) is 0 Å². The Morgan fingerprint density at radius 3 is 2.69 bits per heavy atom. The van der Waals surface area contributed by atoms with E-state index in [1.54, 1.807) is 18.2 Å². The molecule has 0 saturated carbocycles. The maximum Gasteiger partial charge on any atom is 0.250 e. The van der Waals surface area contributed by atoms with Crippen molar-refractivity contribution in [2.75, 3.05) is 6.54 Å². The highest BCUT2D eigenvalue weighted by atomic mass is 35.5. The molecule has 0 aliphatic rings. The third-order valence-corrected chi connectivity index (χ3v) is 2.07. The minimum Gasteiger partial charge on any atom is -0.366 e. The molecule has 0 aliphatic heterocycles. The number of hydrogen-bond donors (Lipinski definition) is 2. The van der Waals surface area contributed by atoms with Crippen LogP contribution < -0.4 is 11.5 Å². The van der Waals surface area contributed by atoms with Gasteiger partial charge < -0.3 is 11.5 Å². The molecule has 0 radical (unpaired) electrons. The lowest BCUT2D eigenvalue weighted by Crippen LogP contribution is -2.16. The average molecular weight is 199 g/mol. The molecule has 13 heavy (non-hydrogen) atoms. The van der Waals surface area contributed by atoms with Gasteiger partial charge in [0.25, 0.3) is 0 Å². The Morgan fingerprint density at radius 2 is 2.15 bits per heavy atom. The van der Waals surface area contributed by atoms with E-state index in [1.807, 2.05) is 0 Å². The van der Waals surface area contributed by atoms with Crippen LogP contribution >= 0.6 is 11.6 Å². The Kier molecular flexibility index (Phi) is 3.28. The Morgan fingerprint density at radius 1 is 1.46 bits per heavy atom. The van der Waals surface area contributed by atoms with E-state index in [0.717, 1.165) is 5.56 Å². The average Bonchev–Trinajstić information content (AvgIpc) is 2.04. The number of amides is 1. The van der Waals surface area contributed by atoms with Gasteiger partial charge in [-0.25, -0.2) is 0 Å². The van der Waals surface area contributed by atoms with E-state index in [9.17, 15) is 4.79 Å². The van der Waals surface area contributed by atoms with E-state index in [4.69, 9.17) is 23.1 Å². The second kappa shape index (κ2) is 4.25. The van der Waals surface area contributed by atoms with Crippen LogP contribution in [0.5, 0.6) is 0 Å². The highest BCUT2D eigenvalue weighted by Crippen LogP contribution is 2.19. The van der Waals surface area contributed by atoms with Crippen molar-refractivity contribution < 1.29 is 4.79 Å². The number of benzene rings is 1. The third-order valence-electron chi connectivity index (χ3n) is 1.76. The second-order valence-corrected chi connectivity index (χ2v) is 3.08. The number of nitrogens with two attached hydrogens (primary N) is 2. The van der Waals surface area contributed by atoms with Crippen LogP contribution in [-0.2, 0) is 6.42 Å². The number of halogens is 1. The van der Waals surface area contributed by atoms with Crippen molar-refractivity contribution >= 4 is 17.5 Å². The van der Waals surface area contributed by atoms with E-state index < -0.39 is 5.91 Å². The molecule has 0 bridgehead atoms. The van der Waals surface area contributed by atoms with Crippen LogP contribution in [-0.4, -0.2) is 12.5 Å². The fourth-order valence-electron chi connectivity index (χ4n) is 1.21. The molecule has 70 valence electrons. The SMILES string of the molecule is NCCc1cccc(Cl)c1C(N)=O. The quantitative estimate of drug-likeness (QED) is 0.759. The normalized spacial score (nSPS) is 10.0. The molecule has 0 atom stereocenters. The largest absolute Gasteiger partial charge is 0.366 e. The van der Waals surface area contributed by atoms with Gasteiger partial charge in [0.05, 0.1) is 10.6 Å². The van der Waals surface area contributed by atoms with Gasteiger partial charge in [-0.05, 0) is 24.6 Å². The first kappa shape index (κ1) is 10.0. The molecule has 0 aromatic heterocycles. The van der Waals surface area contributed by atoms with E-state index in [-0.39, 0.29) is 0 Å². The lowest BCUT2D eigenvalue weighted by Gasteiger charge is -2.06. The molecular formula is C9H11ClN2O. The Hall–Kier alpha value is -1.06. The van der Waals surface area contributed by atoms with Gasteiger partial charge in [-0.15, -0.1) is 0 Å². The van der Waals surface area contributed by atoms with Crippen molar-refractivity contribution in [1.82, 2.24) is 0 Å². The molecule has 4 N–H and O–H groups in total. The Labute approximate surface area is 81.7 Å². The molecule has 1 amide bonds. The minimum absolute atomic E-state index is 0.384. The lowest BCUT2D eigenvalue weighted by molar-refractivity contribution is 0.0999. The van der Waals surface area contributed by atoms with Crippen LogP contribution in [0.15, 0.2) is 18.2 Å². The van der Waals surface area contributed by atoms with Gasteiger partial charge >= 0.3 is 0 Å². The first-order valence-electron chi connectivity index (χ1n) is 3.94. The first-order chi connectivity index (χ1) is 6.16. The third kappa shape index (κ3) is 2.20. The van der Waals surface area contributed by atoms with Crippen molar-refractivity contribution in [2.45, 2.75) is 6.42 Å². The zero-order chi connectivity index (χ0) is 9.84. The van der Waals surface area contributed by atoms with Crippen molar-refractivity contribution in [1.29, 1.82) is 0 Å². The van der Waals surface area contributed by atoms with Gasteiger partial charge in [0.1, 0.15) is 0 Å². The zero-order valence-electron chi connectivity index (χ0n) is 7.09. The molecule has 0 saturated heterocycles. The van der Waals surface area contributed by atoms with Crippen molar-refractivity contribution in [3.05, 3.63) is 34.3 Å².